The van der Waals surface area contributed by atoms with Gasteiger partial charge in [0.25, 0.3) is 5.69 Å². The van der Waals surface area contributed by atoms with E-state index in [4.69, 9.17) is 8.83 Å². The number of fused-ring (bicyclic) bond motifs is 1. The maximum absolute atomic E-state index is 13.0. The number of rotatable bonds is 6. The van der Waals surface area contributed by atoms with E-state index in [1.807, 2.05) is 0 Å². The second-order valence-corrected chi connectivity index (χ2v) is 6.19. The van der Waals surface area contributed by atoms with Crippen LogP contribution in [-0.4, -0.2) is 19.3 Å². The SMILES string of the molecule is O=c1oc(-c2ccc(F)cc2)nn1CCCn1c(=O)oc2ccc([N+](=O)[O-])cc21. The monoisotopic (exact) mass is 400 g/mol. The Bertz CT molecular complexity index is 1310. The van der Waals surface area contributed by atoms with Gasteiger partial charge >= 0.3 is 11.5 Å². The third kappa shape index (κ3) is 3.57. The summed E-state index contributed by atoms with van der Waals surface area (Å²) in [5.41, 5.74) is 0.816. The molecule has 0 atom stereocenters. The maximum Gasteiger partial charge on any atom is 0.437 e. The van der Waals surface area contributed by atoms with Crippen LogP contribution in [0.1, 0.15) is 6.42 Å². The molecule has 2 heterocycles. The molecule has 0 aliphatic heterocycles. The lowest BCUT2D eigenvalue weighted by Gasteiger charge is -2.02. The highest BCUT2D eigenvalue weighted by atomic mass is 19.1. The Morgan fingerprint density at radius 1 is 1.03 bits per heavy atom. The minimum absolute atomic E-state index is 0.0524. The normalized spacial score (nSPS) is 11.2. The topological polar surface area (TPSA) is 126 Å². The highest BCUT2D eigenvalue weighted by Gasteiger charge is 2.15. The first-order valence-corrected chi connectivity index (χ1v) is 8.54. The summed E-state index contributed by atoms with van der Waals surface area (Å²) in [6.07, 6.45) is 0.312. The van der Waals surface area contributed by atoms with Gasteiger partial charge in [-0.05, 0) is 36.8 Å². The molecule has 148 valence electrons. The molecule has 0 saturated heterocycles. The number of benzene rings is 2. The maximum atomic E-state index is 13.0. The number of hydrogen-bond donors (Lipinski definition) is 0. The molecule has 0 unspecified atom stereocenters. The molecule has 0 fully saturated rings. The van der Waals surface area contributed by atoms with Gasteiger partial charge in [0, 0.05) is 30.8 Å². The van der Waals surface area contributed by atoms with Gasteiger partial charge in [0.1, 0.15) is 5.82 Å². The molecule has 2 aromatic carbocycles. The summed E-state index contributed by atoms with van der Waals surface area (Å²) in [4.78, 5) is 34.4. The Kier molecular flexibility index (Phi) is 4.55. The molecule has 2 aromatic heterocycles. The van der Waals surface area contributed by atoms with Gasteiger partial charge in [0.2, 0.25) is 5.89 Å². The summed E-state index contributed by atoms with van der Waals surface area (Å²) in [6.45, 7) is 0.287. The number of non-ortho nitro benzene ring substituents is 1. The lowest BCUT2D eigenvalue weighted by Crippen LogP contribution is -2.19. The summed E-state index contributed by atoms with van der Waals surface area (Å²) in [7, 11) is 0. The number of nitro groups is 1. The molecule has 0 bridgehead atoms. The summed E-state index contributed by atoms with van der Waals surface area (Å²) in [5.74, 6) is -1.71. The predicted octanol–water partition coefficient (Wildman–Crippen LogP) is 2.55. The molecule has 0 spiro atoms. The van der Waals surface area contributed by atoms with Crippen molar-refractivity contribution < 1.29 is 18.1 Å². The zero-order valence-corrected chi connectivity index (χ0v) is 14.8. The molecule has 10 nitrogen and oxygen atoms in total. The Labute approximate surface area is 160 Å². The Morgan fingerprint density at radius 3 is 2.52 bits per heavy atom. The fourth-order valence-electron chi connectivity index (χ4n) is 2.91. The van der Waals surface area contributed by atoms with Crippen molar-refractivity contribution in [3.63, 3.8) is 0 Å². The number of halogens is 1. The van der Waals surface area contributed by atoms with Gasteiger partial charge in [0.05, 0.1) is 10.4 Å². The molecule has 4 rings (SSSR count). The largest absolute Gasteiger partial charge is 0.437 e. The van der Waals surface area contributed by atoms with Gasteiger partial charge in [-0.15, -0.1) is 5.10 Å². The molecule has 0 aliphatic carbocycles. The molecule has 0 radical (unpaired) electrons. The zero-order chi connectivity index (χ0) is 20.5. The van der Waals surface area contributed by atoms with Gasteiger partial charge in [-0.1, -0.05) is 0 Å². The van der Waals surface area contributed by atoms with Crippen molar-refractivity contribution in [2.75, 3.05) is 0 Å². The minimum atomic E-state index is -0.690. The van der Waals surface area contributed by atoms with Crippen LogP contribution in [0.25, 0.3) is 22.6 Å². The van der Waals surface area contributed by atoms with Gasteiger partial charge in [-0.25, -0.2) is 14.0 Å². The van der Waals surface area contributed by atoms with E-state index < -0.39 is 22.3 Å². The molecule has 0 saturated carbocycles. The lowest BCUT2D eigenvalue weighted by molar-refractivity contribution is -0.384. The second kappa shape index (κ2) is 7.19. The van der Waals surface area contributed by atoms with Crippen LogP contribution in [0.5, 0.6) is 0 Å². The highest BCUT2D eigenvalue weighted by molar-refractivity contribution is 5.75. The Morgan fingerprint density at radius 2 is 1.79 bits per heavy atom. The molecule has 0 aliphatic rings. The number of oxazole rings is 1. The second-order valence-electron chi connectivity index (χ2n) is 6.19. The number of nitro benzene ring substituents is 1. The summed E-state index contributed by atoms with van der Waals surface area (Å²) in [5, 5.41) is 15.0. The standard InChI is InChI=1S/C18H13FN4O6/c19-12-4-2-11(3-5-12)16-20-22(18(25)29-16)9-1-8-21-14-10-13(23(26)27)6-7-15(14)28-17(21)24/h2-7,10H,1,8-9H2. The van der Waals surface area contributed by atoms with Crippen molar-refractivity contribution in [1.29, 1.82) is 0 Å². The molecule has 0 amide bonds. The number of hydrogen-bond acceptors (Lipinski definition) is 7. The molecular formula is C18H13FN4O6. The van der Waals surface area contributed by atoms with Crippen molar-refractivity contribution in [1.82, 2.24) is 14.3 Å². The van der Waals surface area contributed by atoms with Gasteiger partial charge in [-0.2, -0.15) is 4.68 Å². The van der Waals surface area contributed by atoms with Gasteiger partial charge < -0.3 is 8.83 Å². The fourth-order valence-corrected chi connectivity index (χ4v) is 2.91. The third-order valence-corrected chi connectivity index (χ3v) is 4.31. The lowest BCUT2D eigenvalue weighted by atomic mass is 10.2. The number of aryl methyl sites for hydroxylation is 2. The molecule has 4 aromatic rings. The van der Waals surface area contributed by atoms with Crippen LogP contribution in [0.4, 0.5) is 10.1 Å². The van der Waals surface area contributed by atoms with E-state index >= 15 is 0 Å². The van der Waals surface area contributed by atoms with Crippen LogP contribution >= 0.6 is 0 Å². The quantitative estimate of drug-likeness (QED) is 0.359. The Balaban J connectivity index is 1.52. The first-order chi connectivity index (χ1) is 13.9. The van der Waals surface area contributed by atoms with E-state index in [0.717, 1.165) is 4.68 Å². The van der Waals surface area contributed by atoms with E-state index in [1.54, 1.807) is 0 Å². The van der Waals surface area contributed by atoms with Crippen molar-refractivity contribution in [3.05, 3.63) is 79.5 Å². The fraction of sp³-hybridized carbons (Fsp3) is 0.167. The molecular weight excluding hydrogens is 387 g/mol. The minimum Gasteiger partial charge on any atom is -0.408 e. The van der Waals surface area contributed by atoms with Gasteiger partial charge in [-0.3, -0.25) is 14.7 Å². The summed E-state index contributed by atoms with van der Waals surface area (Å²) < 4.78 is 25.5. The van der Waals surface area contributed by atoms with Crippen molar-refractivity contribution in [2.24, 2.45) is 0 Å². The van der Waals surface area contributed by atoms with E-state index in [-0.39, 0.29) is 30.3 Å². The van der Waals surface area contributed by atoms with Crippen LogP contribution < -0.4 is 11.5 Å². The third-order valence-electron chi connectivity index (χ3n) is 4.31. The number of aromatic nitrogens is 3. The van der Waals surface area contributed by atoms with Crippen LogP contribution in [0.3, 0.4) is 0 Å². The molecule has 0 N–H and O–H groups in total. The predicted molar refractivity (Wildman–Crippen MR) is 97.9 cm³/mol. The number of nitrogens with zero attached hydrogens (tertiary/aromatic N) is 4. The first-order valence-electron chi connectivity index (χ1n) is 8.54. The average molecular weight is 400 g/mol. The van der Waals surface area contributed by atoms with E-state index in [0.29, 0.717) is 17.5 Å². The van der Waals surface area contributed by atoms with E-state index in [9.17, 15) is 24.1 Å². The highest BCUT2D eigenvalue weighted by Crippen LogP contribution is 2.20. The average Bonchev–Trinajstić information content (AvgIpc) is 3.21. The van der Waals surface area contributed by atoms with Crippen LogP contribution in [0.2, 0.25) is 0 Å². The summed E-state index contributed by atoms with van der Waals surface area (Å²) >= 11 is 0. The Hall–Kier alpha value is -4.02. The van der Waals surface area contributed by atoms with Crippen molar-refractivity contribution in [2.45, 2.75) is 19.5 Å². The first kappa shape index (κ1) is 18.3. The van der Waals surface area contributed by atoms with Crippen molar-refractivity contribution >= 4 is 16.8 Å². The zero-order valence-electron chi connectivity index (χ0n) is 14.8. The van der Waals surface area contributed by atoms with E-state index in [2.05, 4.69) is 5.10 Å². The summed E-state index contributed by atoms with van der Waals surface area (Å²) in [6, 6.07) is 9.21. The molecule has 29 heavy (non-hydrogen) atoms. The van der Waals surface area contributed by atoms with Crippen LogP contribution in [0, 0.1) is 15.9 Å². The van der Waals surface area contributed by atoms with Crippen molar-refractivity contribution in [3.8, 4) is 11.5 Å². The van der Waals surface area contributed by atoms with Crippen LogP contribution in [0.15, 0.2) is 60.9 Å². The molecule has 11 heteroatoms. The van der Waals surface area contributed by atoms with E-state index in [1.165, 1.54) is 47.0 Å². The smallest absolute Gasteiger partial charge is 0.408 e. The van der Waals surface area contributed by atoms with Gasteiger partial charge in [0.15, 0.2) is 5.58 Å². The van der Waals surface area contributed by atoms with Crippen LogP contribution in [-0.2, 0) is 13.1 Å².